The maximum absolute atomic E-state index is 12.9. The maximum atomic E-state index is 12.9. The first-order chi connectivity index (χ1) is 13.2. The minimum atomic E-state index is -0.493. The van der Waals surface area contributed by atoms with Gasteiger partial charge in [0.2, 0.25) is 0 Å². The van der Waals surface area contributed by atoms with Crippen LogP contribution in [0.25, 0.3) is 0 Å². The van der Waals surface area contributed by atoms with E-state index in [9.17, 15) is 20.0 Å². The number of allylic oxidation sites excluding steroid dienone is 2. The van der Waals surface area contributed by atoms with Crippen LogP contribution in [0.3, 0.4) is 0 Å². The minimum Gasteiger partial charge on any atom is -0.511 e. The number of aliphatic hydroxyl groups excluding tert-OH is 1. The number of carbonyl (C=O) groups is 1. The lowest BCUT2D eigenvalue weighted by atomic mass is 9.75. The van der Waals surface area contributed by atoms with Gasteiger partial charge in [-0.05, 0) is 24.5 Å². The molecule has 3 rings (SSSR count). The second-order valence-corrected chi connectivity index (χ2v) is 7.87. The van der Waals surface area contributed by atoms with E-state index in [4.69, 9.17) is 0 Å². The van der Waals surface area contributed by atoms with Crippen molar-refractivity contribution in [1.29, 1.82) is 0 Å². The summed E-state index contributed by atoms with van der Waals surface area (Å²) in [6.07, 6.45) is 0.615. The van der Waals surface area contributed by atoms with Gasteiger partial charge in [0.15, 0.2) is 5.78 Å². The highest BCUT2D eigenvalue weighted by Crippen LogP contribution is 2.37. The van der Waals surface area contributed by atoms with E-state index in [1.165, 1.54) is 12.1 Å². The molecule has 0 atom stereocenters. The second-order valence-electron chi connectivity index (χ2n) is 7.87. The highest BCUT2D eigenvalue weighted by molar-refractivity contribution is 6.30. The number of nitro benzene ring substituents is 1. The fourth-order valence-corrected chi connectivity index (χ4v) is 3.34. The molecule has 1 N–H and O–H groups in total. The fraction of sp³-hybridized carbons (Fsp3) is 0.273. The Labute approximate surface area is 163 Å². The lowest BCUT2D eigenvalue weighted by molar-refractivity contribution is -0.384. The molecule has 2 aromatic carbocycles. The van der Waals surface area contributed by atoms with Gasteiger partial charge in [-0.3, -0.25) is 14.9 Å². The van der Waals surface area contributed by atoms with Crippen molar-refractivity contribution in [2.75, 3.05) is 0 Å². The van der Waals surface area contributed by atoms with Gasteiger partial charge in [-0.25, -0.2) is 4.99 Å². The molecule has 6 heteroatoms. The number of hydrogen-bond donors (Lipinski definition) is 1. The van der Waals surface area contributed by atoms with Gasteiger partial charge in [0.25, 0.3) is 5.69 Å². The predicted octanol–water partition coefficient (Wildman–Crippen LogP) is 5.23. The number of ketones is 1. The van der Waals surface area contributed by atoms with Crippen molar-refractivity contribution in [2.24, 2.45) is 10.4 Å². The van der Waals surface area contributed by atoms with Gasteiger partial charge in [0.1, 0.15) is 5.76 Å². The summed E-state index contributed by atoms with van der Waals surface area (Å²) in [6, 6.07) is 13.4. The van der Waals surface area contributed by atoms with Gasteiger partial charge in [0.05, 0.1) is 21.9 Å². The summed E-state index contributed by atoms with van der Waals surface area (Å²) in [5.41, 5.74) is 2.04. The van der Waals surface area contributed by atoms with E-state index < -0.39 is 4.92 Å². The highest BCUT2D eigenvalue weighted by atomic mass is 16.6. The van der Waals surface area contributed by atoms with Gasteiger partial charge in [-0.15, -0.1) is 0 Å². The molecule has 28 heavy (non-hydrogen) atoms. The minimum absolute atomic E-state index is 0.0291. The molecule has 0 saturated heterocycles. The first kappa shape index (κ1) is 19.5. The molecule has 0 aromatic heterocycles. The van der Waals surface area contributed by atoms with E-state index in [1.54, 1.807) is 12.1 Å². The lowest BCUT2D eigenvalue weighted by Crippen LogP contribution is -2.29. The highest BCUT2D eigenvalue weighted by Gasteiger charge is 2.35. The van der Waals surface area contributed by atoms with E-state index in [0.717, 1.165) is 5.56 Å². The standard InChI is InChI=1S/C22H22N2O4/c1-14-7-9-16(10-8-14)23-21(15-5-4-6-17(11-15)24(27)28)20-18(25)12-22(2,3)13-19(20)26/h4-11,25H,12-13H2,1-3H3. The Balaban J connectivity index is 2.21. The fourth-order valence-electron chi connectivity index (χ4n) is 3.34. The lowest BCUT2D eigenvalue weighted by Gasteiger charge is -2.30. The van der Waals surface area contributed by atoms with Crippen LogP contribution < -0.4 is 0 Å². The summed E-state index contributed by atoms with van der Waals surface area (Å²) in [4.78, 5) is 28.2. The van der Waals surface area contributed by atoms with E-state index >= 15 is 0 Å². The van der Waals surface area contributed by atoms with Crippen LogP contribution in [0.2, 0.25) is 0 Å². The number of aryl methyl sites for hydroxylation is 1. The SMILES string of the molecule is Cc1ccc(N=C(C2=C(O)CC(C)(C)CC2=O)c2cccc([N+](=O)[O-])c2)cc1. The molecule has 0 bridgehead atoms. The van der Waals surface area contributed by atoms with Crippen molar-refractivity contribution < 1.29 is 14.8 Å². The van der Waals surface area contributed by atoms with Crippen LogP contribution in [0.4, 0.5) is 11.4 Å². The van der Waals surface area contributed by atoms with E-state index in [2.05, 4.69) is 4.99 Å². The zero-order valence-electron chi connectivity index (χ0n) is 16.1. The predicted molar refractivity (Wildman–Crippen MR) is 108 cm³/mol. The summed E-state index contributed by atoms with van der Waals surface area (Å²) < 4.78 is 0. The van der Waals surface area contributed by atoms with E-state index in [-0.39, 0.29) is 40.4 Å². The summed E-state index contributed by atoms with van der Waals surface area (Å²) >= 11 is 0. The number of aliphatic hydroxyl groups is 1. The number of aliphatic imine (C=N–C) groups is 1. The smallest absolute Gasteiger partial charge is 0.270 e. The van der Waals surface area contributed by atoms with Crippen LogP contribution in [-0.4, -0.2) is 21.5 Å². The quantitative estimate of drug-likeness (QED) is 0.448. The molecule has 0 spiro atoms. The number of nitrogens with zero attached hydrogens (tertiary/aromatic N) is 2. The zero-order chi connectivity index (χ0) is 20.5. The Morgan fingerprint density at radius 3 is 2.43 bits per heavy atom. The molecule has 1 aliphatic carbocycles. The number of nitro groups is 1. The van der Waals surface area contributed by atoms with Crippen LogP contribution in [0, 0.1) is 22.5 Å². The Hall–Kier alpha value is -3.28. The number of carbonyl (C=O) groups excluding carboxylic acids is 1. The summed E-state index contributed by atoms with van der Waals surface area (Å²) in [5.74, 6) is -0.246. The van der Waals surface area contributed by atoms with Crippen molar-refractivity contribution in [2.45, 2.75) is 33.6 Å². The molecule has 0 fully saturated rings. The second kappa shape index (κ2) is 7.38. The summed E-state index contributed by atoms with van der Waals surface area (Å²) in [5, 5.41) is 21.9. The molecule has 0 heterocycles. The first-order valence-corrected chi connectivity index (χ1v) is 9.02. The third-order valence-corrected chi connectivity index (χ3v) is 4.69. The van der Waals surface area contributed by atoms with Crippen molar-refractivity contribution in [3.63, 3.8) is 0 Å². The third-order valence-electron chi connectivity index (χ3n) is 4.69. The molecule has 0 radical (unpaired) electrons. The van der Waals surface area contributed by atoms with Crippen molar-refractivity contribution in [3.8, 4) is 0 Å². The van der Waals surface area contributed by atoms with Crippen molar-refractivity contribution in [3.05, 3.63) is 81.1 Å². The van der Waals surface area contributed by atoms with Crippen LogP contribution in [0.1, 0.15) is 37.8 Å². The molecule has 144 valence electrons. The van der Waals surface area contributed by atoms with Gasteiger partial charge >= 0.3 is 0 Å². The molecular weight excluding hydrogens is 356 g/mol. The molecule has 0 saturated carbocycles. The van der Waals surface area contributed by atoms with Gasteiger partial charge in [-0.2, -0.15) is 0 Å². The molecule has 2 aromatic rings. The van der Waals surface area contributed by atoms with Gasteiger partial charge in [0, 0.05) is 30.5 Å². The summed E-state index contributed by atoms with van der Waals surface area (Å²) in [6.45, 7) is 5.79. The Kier molecular flexibility index (Phi) is 5.14. The van der Waals surface area contributed by atoms with Crippen LogP contribution in [-0.2, 0) is 4.79 Å². The average Bonchev–Trinajstić information content (AvgIpc) is 2.61. The number of non-ortho nitro benzene ring substituents is 1. The maximum Gasteiger partial charge on any atom is 0.270 e. The normalized spacial score (nSPS) is 17.0. The number of Topliss-reactive ketones (excluding diaryl/α,β-unsaturated/α-hetero) is 1. The monoisotopic (exact) mass is 378 g/mol. The van der Waals surface area contributed by atoms with Crippen LogP contribution >= 0.6 is 0 Å². The Bertz CT molecular complexity index is 1000. The summed E-state index contributed by atoms with van der Waals surface area (Å²) in [7, 11) is 0. The van der Waals surface area contributed by atoms with Crippen LogP contribution in [0.15, 0.2) is 64.9 Å². The molecule has 1 aliphatic rings. The molecule has 0 aliphatic heterocycles. The first-order valence-electron chi connectivity index (χ1n) is 9.02. The number of hydrogen-bond acceptors (Lipinski definition) is 5. The third kappa shape index (κ3) is 4.17. The number of benzene rings is 2. The van der Waals surface area contributed by atoms with Crippen molar-refractivity contribution >= 4 is 22.9 Å². The number of rotatable bonds is 4. The van der Waals surface area contributed by atoms with E-state index in [0.29, 0.717) is 17.7 Å². The molecule has 6 nitrogen and oxygen atoms in total. The van der Waals surface area contributed by atoms with E-state index in [1.807, 2.05) is 45.0 Å². The van der Waals surface area contributed by atoms with Crippen LogP contribution in [0.5, 0.6) is 0 Å². The molecular formula is C22H22N2O4. The molecule has 0 unspecified atom stereocenters. The molecule has 0 amide bonds. The zero-order valence-corrected chi connectivity index (χ0v) is 16.1. The average molecular weight is 378 g/mol. The van der Waals surface area contributed by atoms with Gasteiger partial charge < -0.3 is 5.11 Å². The Morgan fingerprint density at radius 1 is 1.14 bits per heavy atom. The Morgan fingerprint density at radius 2 is 1.82 bits per heavy atom. The van der Waals surface area contributed by atoms with Gasteiger partial charge in [-0.1, -0.05) is 43.7 Å². The topological polar surface area (TPSA) is 92.8 Å². The van der Waals surface area contributed by atoms with Crippen molar-refractivity contribution in [1.82, 2.24) is 0 Å². The largest absolute Gasteiger partial charge is 0.511 e.